The van der Waals surface area contributed by atoms with Gasteiger partial charge >= 0.3 is 0 Å². The van der Waals surface area contributed by atoms with Crippen LogP contribution in [0.3, 0.4) is 0 Å². The van der Waals surface area contributed by atoms with Crippen LogP contribution in [0.1, 0.15) is 12.5 Å². The van der Waals surface area contributed by atoms with E-state index in [0.717, 1.165) is 12.0 Å². The van der Waals surface area contributed by atoms with Crippen LogP contribution in [0.5, 0.6) is 0 Å². The molecule has 0 bridgehead atoms. The molecule has 0 spiro atoms. The fraction of sp³-hybridized carbons (Fsp3) is 0.444. The molecule has 2 nitrogen and oxygen atoms in total. The van der Waals surface area contributed by atoms with Crippen LogP contribution in [-0.2, 0) is 6.42 Å². The highest BCUT2D eigenvalue weighted by atomic mass is 19.1. The minimum atomic E-state index is -0.281. The van der Waals surface area contributed by atoms with Gasteiger partial charge in [0.1, 0.15) is 5.82 Å². The molecule has 12 heavy (non-hydrogen) atoms. The van der Waals surface area contributed by atoms with Gasteiger partial charge in [0.25, 0.3) is 0 Å². The van der Waals surface area contributed by atoms with Gasteiger partial charge < -0.3 is 5.73 Å². The summed E-state index contributed by atoms with van der Waals surface area (Å²) in [5.74, 6) is 0.102. The molecule has 1 atom stereocenters. The molecule has 1 rings (SSSR count). The van der Waals surface area contributed by atoms with Gasteiger partial charge in [0, 0.05) is 6.20 Å². The summed E-state index contributed by atoms with van der Waals surface area (Å²) in [4.78, 5) is 3.76. The zero-order valence-electron chi connectivity index (χ0n) is 7.13. The van der Waals surface area contributed by atoms with Gasteiger partial charge in [0.15, 0.2) is 0 Å². The lowest BCUT2D eigenvalue weighted by molar-refractivity contribution is 0.580. The van der Waals surface area contributed by atoms with Gasteiger partial charge in [0.2, 0.25) is 0 Å². The second-order valence-corrected chi connectivity index (χ2v) is 3.06. The molecule has 1 aromatic heterocycles. The molecule has 0 unspecified atom stereocenters. The van der Waals surface area contributed by atoms with E-state index in [-0.39, 0.29) is 5.82 Å². The zero-order valence-corrected chi connectivity index (χ0v) is 7.13. The quantitative estimate of drug-likeness (QED) is 0.740. The Labute approximate surface area is 71.6 Å². The van der Waals surface area contributed by atoms with Crippen molar-refractivity contribution in [2.24, 2.45) is 11.7 Å². The minimum absolute atomic E-state index is 0.281. The molecule has 1 heterocycles. The van der Waals surface area contributed by atoms with Crippen molar-refractivity contribution in [1.82, 2.24) is 4.98 Å². The second kappa shape index (κ2) is 4.16. The third-order valence-electron chi connectivity index (χ3n) is 1.75. The maximum absolute atomic E-state index is 12.6. The molecule has 2 N–H and O–H groups in total. The highest BCUT2D eigenvalue weighted by Crippen LogP contribution is 2.07. The van der Waals surface area contributed by atoms with Crippen LogP contribution >= 0.6 is 0 Å². The van der Waals surface area contributed by atoms with Gasteiger partial charge in [-0.15, -0.1) is 0 Å². The fourth-order valence-electron chi connectivity index (χ4n) is 1.05. The maximum atomic E-state index is 12.6. The smallest absolute Gasteiger partial charge is 0.141 e. The number of hydrogen-bond acceptors (Lipinski definition) is 2. The molecule has 0 radical (unpaired) electrons. The Kier molecular flexibility index (Phi) is 3.17. The van der Waals surface area contributed by atoms with E-state index >= 15 is 0 Å². The van der Waals surface area contributed by atoms with Crippen LogP contribution < -0.4 is 5.73 Å². The SMILES string of the molecule is C[C@@H](CN)Cc1cncc(F)c1. The lowest BCUT2D eigenvalue weighted by Crippen LogP contribution is -2.13. The Balaban J connectivity index is 2.63. The van der Waals surface area contributed by atoms with E-state index in [2.05, 4.69) is 4.98 Å². The van der Waals surface area contributed by atoms with Crippen LogP contribution in [0.4, 0.5) is 4.39 Å². The first-order valence-corrected chi connectivity index (χ1v) is 4.02. The fourth-order valence-corrected chi connectivity index (χ4v) is 1.05. The summed E-state index contributed by atoms with van der Waals surface area (Å²) >= 11 is 0. The van der Waals surface area contributed by atoms with Crippen molar-refractivity contribution in [3.8, 4) is 0 Å². The van der Waals surface area contributed by atoms with Crippen molar-refractivity contribution in [3.05, 3.63) is 29.8 Å². The Morgan fingerprint density at radius 1 is 1.58 bits per heavy atom. The number of nitrogens with two attached hydrogens (primary N) is 1. The van der Waals surface area contributed by atoms with Gasteiger partial charge in [-0.05, 0) is 30.5 Å². The Morgan fingerprint density at radius 2 is 2.33 bits per heavy atom. The lowest BCUT2D eigenvalue weighted by Gasteiger charge is -2.06. The molecule has 0 saturated carbocycles. The molecule has 0 aliphatic carbocycles. The van der Waals surface area contributed by atoms with Crippen LogP contribution in [0.2, 0.25) is 0 Å². The minimum Gasteiger partial charge on any atom is -0.330 e. The standard InChI is InChI=1S/C9H13FN2/c1-7(4-11)2-8-3-9(10)6-12-5-8/h3,5-7H,2,4,11H2,1H3/t7-/m1/s1. The first kappa shape index (κ1) is 9.13. The number of hydrogen-bond donors (Lipinski definition) is 1. The molecule has 0 amide bonds. The predicted molar refractivity (Wildman–Crippen MR) is 46.1 cm³/mol. The van der Waals surface area contributed by atoms with Crippen molar-refractivity contribution >= 4 is 0 Å². The molecule has 0 aliphatic heterocycles. The Hall–Kier alpha value is -0.960. The molecule has 0 saturated heterocycles. The number of halogens is 1. The zero-order chi connectivity index (χ0) is 8.97. The van der Waals surface area contributed by atoms with E-state index < -0.39 is 0 Å². The van der Waals surface area contributed by atoms with Crippen molar-refractivity contribution in [2.45, 2.75) is 13.3 Å². The maximum Gasteiger partial charge on any atom is 0.141 e. The first-order valence-electron chi connectivity index (χ1n) is 4.02. The summed E-state index contributed by atoms with van der Waals surface area (Å²) in [6, 6.07) is 1.50. The van der Waals surface area contributed by atoms with Gasteiger partial charge in [-0.2, -0.15) is 0 Å². The predicted octanol–water partition coefficient (Wildman–Crippen LogP) is 1.36. The van der Waals surface area contributed by atoms with Crippen molar-refractivity contribution in [3.63, 3.8) is 0 Å². The average Bonchev–Trinajstić information content (AvgIpc) is 2.04. The summed E-state index contributed by atoms with van der Waals surface area (Å²) in [6.45, 7) is 2.65. The van der Waals surface area contributed by atoms with Gasteiger partial charge in [0.05, 0.1) is 6.20 Å². The average molecular weight is 168 g/mol. The molecular weight excluding hydrogens is 155 g/mol. The molecule has 0 aliphatic rings. The second-order valence-electron chi connectivity index (χ2n) is 3.06. The van der Waals surface area contributed by atoms with Gasteiger partial charge in [-0.25, -0.2) is 4.39 Å². The van der Waals surface area contributed by atoms with E-state index in [4.69, 9.17) is 5.73 Å². The highest BCUT2D eigenvalue weighted by Gasteiger charge is 2.02. The van der Waals surface area contributed by atoms with Crippen molar-refractivity contribution < 1.29 is 4.39 Å². The van der Waals surface area contributed by atoms with Crippen LogP contribution in [0, 0.1) is 11.7 Å². The molecular formula is C9H13FN2. The first-order chi connectivity index (χ1) is 5.72. The van der Waals surface area contributed by atoms with E-state index in [9.17, 15) is 4.39 Å². The number of rotatable bonds is 3. The summed E-state index contributed by atoms with van der Waals surface area (Å²) < 4.78 is 12.6. The summed E-state index contributed by atoms with van der Waals surface area (Å²) in [5, 5.41) is 0. The topological polar surface area (TPSA) is 38.9 Å². The number of pyridine rings is 1. The van der Waals surface area contributed by atoms with Crippen molar-refractivity contribution in [2.75, 3.05) is 6.54 Å². The Bertz CT molecular complexity index is 250. The highest BCUT2D eigenvalue weighted by molar-refractivity contribution is 5.10. The molecule has 1 aromatic rings. The van der Waals surface area contributed by atoms with E-state index in [1.54, 1.807) is 6.20 Å². The van der Waals surface area contributed by atoms with E-state index in [1.807, 2.05) is 6.92 Å². The van der Waals surface area contributed by atoms with Crippen molar-refractivity contribution in [1.29, 1.82) is 0 Å². The van der Waals surface area contributed by atoms with Crippen LogP contribution in [-0.4, -0.2) is 11.5 Å². The van der Waals surface area contributed by atoms with Crippen LogP contribution in [0.15, 0.2) is 18.5 Å². The largest absolute Gasteiger partial charge is 0.330 e. The third kappa shape index (κ3) is 2.58. The van der Waals surface area contributed by atoms with Gasteiger partial charge in [-0.1, -0.05) is 6.92 Å². The summed E-state index contributed by atoms with van der Waals surface area (Å²) in [6.07, 6.45) is 3.67. The monoisotopic (exact) mass is 168 g/mol. The molecule has 0 aromatic carbocycles. The van der Waals surface area contributed by atoms with Crippen LogP contribution in [0.25, 0.3) is 0 Å². The van der Waals surface area contributed by atoms with E-state index in [1.165, 1.54) is 12.3 Å². The molecule has 0 fully saturated rings. The molecule has 3 heteroatoms. The number of aromatic nitrogens is 1. The summed E-state index contributed by atoms with van der Waals surface area (Å²) in [5.41, 5.74) is 6.35. The number of nitrogens with zero attached hydrogens (tertiary/aromatic N) is 1. The summed E-state index contributed by atoms with van der Waals surface area (Å²) in [7, 11) is 0. The van der Waals surface area contributed by atoms with Gasteiger partial charge in [-0.3, -0.25) is 4.98 Å². The lowest BCUT2D eigenvalue weighted by atomic mass is 10.0. The normalized spacial score (nSPS) is 12.9. The third-order valence-corrected chi connectivity index (χ3v) is 1.75. The van der Waals surface area contributed by atoms with E-state index in [0.29, 0.717) is 12.5 Å². The Morgan fingerprint density at radius 3 is 2.92 bits per heavy atom. The molecule has 66 valence electrons.